The number of anilines is 3. The minimum Gasteiger partial charge on any atom is -0.397 e. The van der Waals surface area contributed by atoms with Crippen LogP contribution < -0.4 is 11.1 Å². The summed E-state index contributed by atoms with van der Waals surface area (Å²) < 4.78 is 13.4. The first-order valence-corrected chi connectivity index (χ1v) is 4.48. The van der Waals surface area contributed by atoms with Crippen LogP contribution in [-0.2, 0) is 0 Å². The number of nitrogens with one attached hydrogen (secondary N) is 1. The number of aromatic nitrogens is 1. The molecule has 2 aromatic rings. The van der Waals surface area contributed by atoms with E-state index < -0.39 is 0 Å². The molecule has 0 saturated carbocycles. The van der Waals surface area contributed by atoms with Crippen LogP contribution in [-0.4, -0.2) is 4.98 Å². The minimum absolute atomic E-state index is 0.283. The largest absolute Gasteiger partial charge is 0.397 e. The Balaban J connectivity index is 2.32. The normalized spacial score (nSPS) is 9.93. The lowest BCUT2D eigenvalue weighted by molar-refractivity contribution is 0.632. The first-order valence-electron chi connectivity index (χ1n) is 4.48. The van der Waals surface area contributed by atoms with Crippen molar-refractivity contribution in [2.45, 2.75) is 0 Å². The fourth-order valence-corrected chi connectivity index (χ4v) is 1.25. The van der Waals surface area contributed by atoms with Gasteiger partial charge in [0.25, 0.3) is 0 Å². The Morgan fingerprint density at radius 2 is 2.07 bits per heavy atom. The summed E-state index contributed by atoms with van der Waals surface area (Å²) in [6.45, 7) is 0. The van der Waals surface area contributed by atoms with E-state index >= 15 is 0 Å². The Bertz CT molecular complexity index is 436. The highest BCUT2D eigenvalue weighted by Crippen LogP contribution is 2.25. The van der Waals surface area contributed by atoms with Gasteiger partial charge in [-0.3, -0.25) is 4.98 Å². The van der Waals surface area contributed by atoms with Crippen molar-refractivity contribution in [2.24, 2.45) is 0 Å². The monoisotopic (exact) mass is 203 g/mol. The van der Waals surface area contributed by atoms with Crippen LogP contribution in [0.3, 0.4) is 0 Å². The molecule has 0 fully saturated rings. The summed E-state index contributed by atoms with van der Waals surface area (Å²) in [4.78, 5) is 3.91. The van der Waals surface area contributed by atoms with Crippen molar-refractivity contribution >= 4 is 17.1 Å². The van der Waals surface area contributed by atoms with Crippen molar-refractivity contribution in [1.29, 1.82) is 0 Å². The smallest absolute Gasteiger partial charge is 0.148 e. The van der Waals surface area contributed by atoms with Crippen LogP contribution in [0, 0.1) is 5.82 Å². The Morgan fingerprint density at radius 3 is 2.73 bits per heavy atom. The molecule has 0 radical (unpaired) electrons. The average Bonchev–Trinajstić information content (AvgIpc) is 2.25. The molecule has 1 aromatic carbocycles. The number of hydrogen-bond donors (Lipinski definition) is 2. The summed E-state index contributed by atoms with van der Waals surface area (Å²) in [7, 11) is 0. The lowest BCUT2D eigenvalue weighted by Crippen LogP contribution is -1.99. The van der Waals surface area contributed by atoms with Gasteiger partial charge >= 0.3 is 0 Å². The predicted octanol–water partition coefficient (Wildman–Crippen LogP) is 2.55. The van der Waals surface area contributed by atoms with Crippen LogP contribution in [0.5, 0.6) is 0 Å². The fraction of sp³-hybridized carbons (Fsp3) is 0. The van der Waals surface area contributed by atoms with Gasteiger partial charge in [-0.05, 0) is 24.3 Å². The van der Waals surface area contributed by atoms with E-state index in [1.165, 1.54) is 6.07 Å². The highest BCUT2D eigenvalue weighted by molar-refractivity contribution is 5.72. The van der Waals surface area contributed by atoms with E-state index in [2.05, 4.69) is 10.3 Å². The van der Waals surface area contributed by atoms with Crippen molar-refractivity contribution in [2.75, 3.05) is 11.1 Å². The molecule has 0 atom stereocenters. The SMILES string of the molecule is Nc1cccc(F)c1Nc1cccnc1. The van der Waals surface area contributed by atoms with E-state index in [0.29, 0.717) is 11.4 Å². The summed E-state index contributed by atoms with van der Waals surface area (Å²) in [6, 6.07) is 8.12. The highest BCUT2D eigenvalue weighted by Gasteiger charge is 2.05. The molecule has 1 aromatic heterocycles. The number of rotatable bonds is 2. The van der Waals surface area contributed by atoms with Gasteiger partial charge in [-0.2, -0.15) is 0 Å². The molecule has 0 bridgehead atoms. The van der Waals surface area contributed by atoms with Gasteiger partial charge < -0.3 is 11.1 Å². The van der Waals surface area contributed by atoms with E-state index in [1.807, 2.05) is 0 Å². The molecular formula is C11H10FN3. The molecule has 15 heavy (non-hydrogen) atoms. The molecule has 0 aliphatic carbocycles. The molecule has 0 aliphatic heterocycles. The maximum Gasteiger partial charge on any atom is 0.148 e. The van der Waals surface area contributed by atoms with Gasteiger partial charge in [0.1, 0.15) is 5.82 Å². The van der Waals surface area contributed by atoms with E-state index in [4.69, 9.17) is 5.73 Å². The lowest BCUT2D eigenvalue weighted by atomic mass is 10.2. The highest BCUT2D eigenvalue weighted by atomic mass is 19.1. The number of hydrogen-bond acceptors (Lipinski definition) is 3. The zero-order chi connectivity index (χ0) is 10.7. The molecule has 76 valence electrons. The molecule has 0 saturated heterocycles. The number of nitrogens with zero attached hydrogens (tertiary/aromatic N) is 1. The molecule has 4 heteroatoms. The van der Waals surface area contributed by atoms with Crippen molar-refractivity contribution in [1.82, 2.24) is 4.98 Å². The number of halogens is 1. The third kappa shape index (κ3) is 2.04. The van der Waals surface area contributed by atoms with Crippen LogP contribution in [0.15, 0.2) is 42.7 Å². The predicted molar refractivity (Wildman–Crippen MR) is 58.3 cm³/mol. The van der Waals surface area contributed by atoms with Gasteiger partial charge in [0, 0.05) is 6.20 Å². The Hall–Kier alpha value is -2.10. The minimum atomic E-state index is -0.376. The third-order valence-corrected chi connectivity index (χ3v) is 1.98. The molecule has 0 amide bonds. The molecule has 0 aliphatic rings. The van der Waals surface area contributed by atoms with Gasteiger partial charge in [0.15, 0.2) is 0 Å². The standard InChI is InChI=1S/C11H10FN3/c12-9-4-1-5-10(13)11(9)15-8-3-2-6-14-7-8/h1-7,15H,13H2. The molecule has 2 rings (SSSR count). The Morgan fingerprint density at radius 1 is 1.20 bits per heavy atom. The topological polar surface area (TPSA) is 50.9 Å². The van der Waals surface area contributed by atoms with Crippen molar-refractivity contribution in [3.8, 4) is 0 Å². The van der Waals surface area contributed by atoms with E-state index in [9.17, 15) is 4.39 Å². The number of nitrogen functional groups attached to an aromatic ring is 1. The average molecular weight is 203 g/mol. The van der Waals surface area contributed by atoms with Crippen LogP contribution >= 0.6 is 0 Å². The summed E-state index contributed by atoms with van der Waals surface area (Å²) in [5.74, 6) is -0.376. The third-order valence-electron chi connectivity index (χ3n) is 1.98. The second-order valence-corrected chi connectivity index (χ2v) is 3.07. The maximum atomic E-state index is 13.4. The first kappa shape index (κ1) is 9.45. The summed E-state index contributed by atoms with van der Waals surface area (Å²) in [5, 5.41) is 2.88. The van der Waals surface area contributed by atoms with E-state index in [1.54, 1.807) is 36.7 Å². The van der Waals surface area contributed by atoms with Gasteiger partial charge in [-0.25, -0.2) is 4.39 Å². The number of benzene rings is 1. The first-order chi connectivity index (χ1) is 7.27. The van der Waals surface area contributed by atoms with Gasteiger partial charge in [0.2, 0.25) is 0 Å². The second kappa shape index (κ2) is 3.96. The number of pyridine rings is 1. The van der Waals surface area contributed by atoms with Crippen LogP contribution in [0.2, 0.25) is 0 Å². The van der Waals surface area contributed by atoms with Gasteiger partial charge in [0.05, 0.1) is 23.3 Å². The van der Waals surface area contributed by atoms with E-state index in [0.717, 1.165) is 0 Å². The molecule has 0 spiro atoms. The maximum absolute atomic E-state index is 13.4. The molecule has 3 N–H and O–H groups in total. The van der Waals surface area contributed by atoms with Crippen LogP contribution in [0.4, 0.5) is 21.5 Å². The second-order valence-electron chi connectivity index (χ2n) is 3.07. The Labute approximate surface area is 86.8 Å². The summed E-state index contributed by atoms with van der Waals surface area (Å²) in [5.41, 5.74) is 7.01. The van der Waals surface area contributed by atoms with Crippen LogP contribution in [0.25, 0.3) is 0 Å². The van der Waals surface area contributed by atoms with Crippen LogP contribution in [0.1, 0.15) is 0 Å². The van der Waals surface area contributed by atoms with Crippen molar-refractivity contribution in [3.63, 3.8) is 0 Å². The van der Waals surface area contributed by atoms with E-state index in [-0.39, 0.29) is 11.5 Å². The molecule has 3 nitrogen and oxygen atoms in total. The lowest BCUT2D eigenvalue weighted by Gasteiger charge is -2.09. The molecule has 0 unspecified atom stereocenters. The van der Waals surface area contributed by atoms with Crippen molar-refractivity contribution < 1.29 is 4.39 Å². The summed E-state index contributed by atoms with van der Waals surface area (Å²) in [6.07, 6.45) is 3.25. The molecular weight excluding hydrogens is 193 g/mol. The zero-order valence-corrected chi connectivity index (χ0v) is 7.94. The molecule has 1 heterocycles. The zero-order valence-electron chi connectivity index (χ0n) is 7.94. The summed E-state index contributed by atoms with van der Waals surface area (Å²) >= 11 is 0. The van der Waals surface area contributed by atoms with Gasteiger partial charge in [-0.1, -0.05) is 6.07 Å². The van der Waals surface area contributed by atoms with Gasteiger partial charge in [-0.15, -0.1) is 0 Å². The number of nitrogens with two attached hydrogens (primary N) is 1. The number of para-hydroxylation sites is 1. The Kier molecular flexibility index (Phi) is 2.49. The quantitative estimate of drug-likeness (QED) is 0.737. The van der Waals surface area contributed by atoms with Crippen molar-refractivity contribution in [3.05, 3.63) is 48.5 Å². The fourth-order valence-electron chi connectivity index (χ4n) is 1.25.